The monoisotopic (exact) mass is 378 g/mol. The standard InChI is InChI=1S/C20H16F2N6/c1-27-19(2-4-26-27)12-6-13-10-28(5-3-17(13)23-9-12)20-14-7-15(21)16(22)8-18(14)24-11-25-20/h2,4,6-9,11H,3,5,10H2,1H3. The maximum absolute atomic E-state index is 13.8. The van der Waals surface area contributed by atoms with Crippen molar-refractivity contribution in [3.05, 3.63) is 65.9 Å². The van der Waals surface area contributed by atoms with Gasteiger partial charge in [-0.3, -0.25) is 9.67 Å². The number of hydrogen-bond acceptors (Lipinski definition) is 5. The molecule has 0 saturated carbocycles. The van der Waals surface area contributed by atoms with Crippen LogP contribution in [0.25, 0.3) is 22.2 Å². The number of rotatable bonds is 2. The SMILES string of the molecule is Cn1nccc1-c1cnc2c(c1)CN(c1ncnc3cc(F)c(F)cc13)CC2. The van der Waals surface area contributed by atoms with Gasteiger partial charge in [-0.15, -0.1) is 0 Å². The molecule has 0 saturated heterocycles. The molecule has 6 nitrogen and oxygen atoms in total. The molecule has 0 atom stereocenters. The molecule has 8 heteroatoms. The number of nitrogens with zero attached hydrogens (tertiary/aromatic N) is 6. The highest BCUT2D eigenvalue weighted by Crippen LogP contribution is 2.30. The minimum atomic E-state index is -0.911. The van der Waals surface area contributed by atoms with E-state index in [-0.39, 0.29) is 0 Å². The van der Waals surface area contributed by atoms with E-state index in [1.165, 1.54) is 12.4 Å². The van der Waals surface area contributed by atoms with E-state index in [1.54, 1.807) is 10.9 Å². The van der Waals surface area contributed by atoms with Crippen molar-refractivity contribution in [2.24, 2.45) is 7.05 Å². The summed E-state index contributed by atoms with van der Waals surface area (Å²) in [7, 11) is 1.89. The molecule has 1 aromatic carbocycles. The van der Waals surface area contributed by atoms with Crippen molar-refractivity contribution in [1.82, 2.24) is 24.7 Å². The van der Waals surface area contributed by atoms with Gasteiger partial charge in [0, 0.05) is 61.7 Å². The smallest absolute Gasteiger partial charge is 0.161 e. The average Bonchev–Trinajstić information content (AvgIpc) is 3.13. The molecule has 0 bridgehead atoms. The quantitative estimate of drug-likeness (QED) is 0.536. The zero-order chi connectivity index (χ0) is 19.3. The second-order valence-electron chi connectivity index (χ2n) is 6.82. The summed E-state index contributed by atoms with van der Waals surface area (Å²) < 4.78 is 29.2. The molecule has 28 heavy (non-hydrogen) atoms. The van der Waals surface area contributed by atoms with Crippen LogP contribution in [-0.4, -0.2) is 31.3 Å². The second kappa shape index (κ2) is 6.33. The molecule has 3 aromatic heterocycles. The van der Waals surface area contributed by atoms with Crippen LogP contribution in [0.3, 0.4) is 0 Å². The van der Waals surface area contributed by atoms with Crippen molar-refractivity contribution in [2.45, 2.75) is 13.0 Å². The number of aryl methyl sites for hydroxylation is 1. The van der Waals surface area contributed by atoms with Gasteiger partial charge in [0.15, 0.2) is 11.6 Å². The minimum absolute atomic E-state index is 0.386. The third-order valence-electron chi connectivity index (χ3n) is 5.11. The molecule has 0 aliphatic carbocycles. The Kier molecular flexibility index (Phi) is 3.78. The highest BCUT2D eigenvalue weighted by atomic mass is 19.2. The van der Waals surface area contributed by atoms with Gasteiger partial charge in [0.2, 0.25) is 0 Å². The first-order chi connectivity index (χ1) is 13.6. The summed E-state index contributed by atoms with van der Waals surface area (Å²) in [4.78, 5) is 15.1. The van der Waals surface area contributed by atoms with Crippen LogP contribution in [0.5, 0.6) is 0 Å². The van der Waals surface area contributed by atoms with Crippen LogP contribution in [-0.2, 0) is 20.0 Å². The highest BCUT2D eigenvalue weighted by molar-refractivity contribution is 5.89. The fraction of sp³-hybridized carbons (Fsp3) is 0.200. The van der Waals surface area contributed by atoms with Crippen LogP contribution >= 0.6 is 0 Å². The van der Waals surface area contributed by atoms with Crippen LogP contribution in [0, 0.1) is 11.6 Å². The molecule has 1 aliphatic heterocycles. The van der Waals surface area contributed by atoms with Gasteiger partial charge in [-0.2, -0.15) is 5.10 Å². The van der Waals surface area contributed by atoms with Gasteiger partial charge in [0.05, 0.1) is 11.2 Å². The maximum atomic E-state index is 13.8. The summed E-state index contributed by atoms with van der Waals surface area (Å²) in [6.07, 6.45) is 5.75. The van der Waals surface area contributed by atoms with Crippen molar-refractivity contribution < 1.29 is 8.78 Å². The second-order valence-corrected chi connectivity index (χ2v) is 6.82. The van der Waals surface area contributed by atoms with Crippen molar-refractivity contribution in [3.63, 3.8) is 0 Å². The molecule has 0 spiro atoms. The number of pyridine rings is 1. The van der Waals surface area contributed by atoms with E-state index < -0.39 is 11.6 Å². The average molecular weight is 378 g/mol. The summed E-state index contributed by atoms with van der Waals surface area (Å²) in [5.74, 6) is -1.22. The largest absolute Gasteiger partial charge is 0.351 e. The van der Waals surface area contributed by atoms with Crippen molar-refractivity contribution in [1.29, 1.82) is 0 Å². The molecular formula is C20H16F2N6. The van der Waals surface area contributed by atoms with Crippen LogP contribution in [0.15, 0.2) is 43.0 Å². The first kappa shape index (κ1) is 16.7. The van der Waals surface area contributed by atoms with E-state index in [1.807, 2.05) is 19.3 Å². The normalized spacial score (nSPS) is 13.8. The molecule has 0 fully saturated rings. The van der Waals surface area contributed by atoms with Gasteiger partial charge < -0.3 is 4.90 Å². The first-order valence-electron chi connectivity index (χ1n) is 8.91. The molecule has 4 heterocycles. The lowest BCUT2D eigenvalue weighted by Crippen LogP contribution is -2.32. The van der Waals surface area contributed by atoms with Crippen molar-refractivity contribution in [2.75, 3.05) is 11.4 Å². The number of fused-ring (bicyclic) bond motifs is 2. The molecule has 4 aromatic rings. The topological polar surface area (TPSA) is 59.7 Å². The highest BCUT2D eigenvalue weighted by Gasteiger charge is 2.22. The third kappa shape index (κ3) is 2.69. The predicted octanol–water partition coefficient (Wildman–Crippen LogP) is 3.27. The molecule has 0 unspecified atom stereocenters. The number of aromatic nitrogens is 5. The Morgan fingerprint density at radius 3 is 2.71 bits per heavy atom. The van der Waals surface area contributed by atoms with Crippen LogP contribution in [0.2, 0.25) is 0 Å². The lowest BCUT2D eigenvalue weighted by molar-refractivity contribution is 0.510. The van der Waals surface area contributed by atoms with Crippen LogP contribution in [0.1, 0.15) is 11.3 Å². The third-order valence-corrected chi connectivity index (χ3v) is 5.11. The Hall–Kier alpha value is -3.42. The summed E-state index contributed by atoms with van der Waals surface area (Å²) in [5.41, 5.74) is 4.48. The van der Waals surface area contributed by atoms with Crippen LogP contribution in [0.4, 0.5) is 14.6 Å². The lowest BCUT2D eigenvalue weighted by atomic mass is 10.0. The number of halogens is 2. The summed E-state index contributed by atoms with van der Waals surface area (Å²) in [5, 5.41) is 4.71. The Labute approximate surface area is 159 Å². The number of anilines is 1. The molecule has 1 aliphatic rings. The van der Waals surface area contributed by atoms with Gasteiger partial charge in [0.1, 0.15) is 12.1 Å². The summed E-state index contributed by atoms with van der Waals surface area (Å²) in [6, 6.07) is 6.32. The fourth-order valence-corrected chi connectivity index (χ4v) is 3.69. The van der Waals surface area contributed by atoms with E-state index in [0.29, 0.717) is 29.8 Å². The molecule has 5 rings (SSSR count). The van der Waals surface area contributed by atoms with Gasteiger partial charge in [-0.05, 0) is 23.8 Å². The van der Waals surface area contributed by atoms with E-state index >= 15 is 0 Å². The summed E-state index contributed by atoms with van der Waals surface area (Å²) in [6.45, 7) is 1.27. The van der Waals surface area contributed by atoms with Crippen molar-refractivity contribution >= 4 is 16.7 Å². The zero-order valence-corrected chi connectivity index (χ0v) is 15.1. The Bertz CT molecular complexity index is 1200. The lowest BCUT2D eigenvalue weighted by Gasteiger charge is -2.30. The molecular weight excluding hydrogens is 362 g/mol. The molecule has 140 valence electrons. The Morgan fingerprint density at radius 1 is 1.04 bits per heavy atom. The van der Waals surface area contributed by atoms with Gasteiger partial charge in [-0.1, -0.05) is 0 Å². The molecule has 0 N–H and O–H groups in total. The minimum Gasteiger partial charge on any atom is -0.351 e. The van der Waals surface area contributed by atoms with Gasteiger partial charge in [0.25, 0.3) is 0 Å². The Morgan fingerprint density at radius 2 is 1.89 bits per heavy atom. The maximum Gasteiger partial charge on any atom is 0.161 e. The van der Waals surface area contributed by atoms with Gasteiger partial charge >= 0.3 is 0 Å². The number of benzene rings is 1. The van der Waals surface area contributed by atoms with Crippen LogP contribution < -0.4 is 4.90 Å². The van der Waals surface area contributed by atoms with E-state index in [9.17, 15) is 8.78 Å². The van der Waals surface area contributed by atoms with E-state index in [0.717, 1.165) is 35.0 Å². The number of hydrogen-bond donors (Lipinski definition) is 0. The summed E-state index contributed by atoms with van der Waals surface area (Å²) >= 11 is 0. The van der Waals surface area contributed by atoms with E-state index in [2.05, 4.69) is 31.0 Å². The van der Waals surface area contributed by atoms with Gasteiger partial charge in [-0.25, -0.2) is 18.7 Å². The fourth-order valence-electron chi connectivity index (χ4n) is 3.69. The Balaban J connectivity index is 1.55. The predicted molar refractivity (Wildman–Crippen MR) is 101 cm³/mol. The van der Waals surface area contributed by atoms with E-state index in [4.69, 9.17) is 0 Å². The molecule has 0 radical (unpaired) electrons. The van der Waals surface area contributed by atoms with Crippen molar-refractivity contribution in [3.8, 4) is 11.3 Å². The first-order valence-corrected chi connectivity index (χ1v) is 8.91. The zero-order valence-electron chi connectivity index (χ0n) is 15.1. The molecule has 0 amide bonds.